The summed E-state index contributed by atoms with van der Waals surface area (Å²) in [6.45, 7) is 5.40. The number of ether oxygens (including phenoxy) is 4. The van der Waals surface area contributed by atoms with E-state index >= 15 is 0 Å². The maximum absolute atomic E-state index is 12.6. The summed E-state index contributed by atoms with van der Waals surface area (Å²) < 4.78 is 20.9. The van der Waals surface area contributed by atoms with E-state index in [1.807, 2.05) is 0 Å². The summed E-state index contributed by atoms with van der Waals surface area (Å²) in [6.07, 6.45) is -2.14. The highest BCUT2D eigenvalue weighted by molar-refractivity contribution is 7.12. The molecular formula is C17H20O8S. The maximum atomic E-state index is 12.6. The summed E-state index contributed by atoms with van der Waals surface area (Å²) in [5.41, 5.74) is -1.41. The normalized spacial score (nSPS) is 24.2. The van der Waals surface area contributed by atoms with E-state index in [1.165, 1.54) is 39.2 Å². The first-order valence-corrected chi connectivity index (χ1v) is 8.65. The molecule has 1 heterocycles. The third-order valence-corrected chi connectivity index (χ3v) is 4.96. The Morgan fingerprint density at radius 2 is 1.69 bits per heavy atom. The lowest BCUT2D eigenvalue weighted by molar-refractivity contribution is -0.197. The van der Waals surface area contributed by atoms with E-state index in [2.05, 4.69) is 0 Å². The van der Waals surface area contributed by atoms with E-state index in [-0.39, 0.29) is 6.42 Å². The topological polar surface area (TPSA) is 105 Å². The zero-order valence-electron chi connectivity index (χ0n) is 15.1. The summed E-state index contributed by atoms with van der Waals surface area (Å²) in [4.78, 5) is 48.7. The number of aryl methyl sites for hydroxylation is 1. The first-order chi connectivity index (χ1) is 12.1. The highest BCUT2D eigenvalue weighted by Crippen LogP contribution is 2.49. The fourth-order valence-corrected chi connectivity index (χ4v) is 4.27. The van der Waals surface area contributed by atoms with Crippen molar-refractivity contribution in [1.82, 2.24) is 0 Å². The molecule has 142 valence electrons. The molecule has 8 nitrogen and oxygen atoms in total. The lowest BCUT2D eigenvalue weighted by atomic mass is 9.79. The van der Waals surface area contributed by atoms with Crippen LogP contribution in [0.25, 0.3) is 0 Å². The SMILES string of the molecule is COC(=O)[C@@]1(OC(C)=O)C[C@@H](OC(C)=O)[C@H](OC(C)=O)c2sc(C)cc21. The van der Waals surface area contributed by atoms with Gasteiger partial charge in [-0.15, -0.1) is 11.3 Å². The lowest BCUT2D eigenvalue weighted by Gasteiger charge is -2.40. The molecular weight excluding hydrogens is 364 g/mol. The number of hydrogen-bond donors (Lipinski definition) is 0. The van der Waals surface area contributed by atoms with Gasteiger partial charge in [0.05, 0.1) is 12.0 Å². The molecule has 0 aliphatic heterocycles. The Bertz CT molecular complexity index is 752. The summed E-state index contributed by atoms with van der Waals surface area (Å²) in [5.74, 6) is -2.68. The zero-order chi connectivity index (χ0) is 19.6. The molecule has 0 amide bonds. The molecule has 1 aromatic rings. The highest BCUT2D eigenvalue weighted by atomic mass is 32.1. The van der Waals surface area contributed by atoms with Crippen molar-refractivity contribution in [3.63, 3.8) is 0 Å². The molecule has 0 saturated carbocycles. The lowest BCUT2D eigenvalue weighted by Crippen LogP contribution is -2.50. The molecule has 9 heteroatoms. The van der Waals surface area contributed by atoms with Crippen LogP contribution in [0.4, 0.5) is 0 Å². The average Bonchev–Trinajstić information content (AvgIpc) is 2.91. The van der Waals surface area contributed by atoms with E-state index < -0.39 is 41.7 Å². The second-order valence-electron chi connectivity index (χ2n) is 5.93. The van der Waals surface area contributed by atoms with Gasteiger partial charge in [-0.05, 0) is 13.0 Å². The second-order valence-corrected chi connectivity index (χ2v) is 7.22. The molecule has 26 heavy (non-hydrogen) atoms. The Hall–Kier alpha value is -2.42. The molecule has 0 radical (unpaired) electrons. The fraction of sp³-hybridized carbons (Fsp3) is 0.529. The summed E-state index contributed by atoms with van der Waals surface area (Å²) >= 11 is 1.26. The van der Waals surface area contributed by atoms with Crippen LogP contribution in [0, 0.1) is 6.92 Å². The van der Waals surface area contributed by atoms with E-state index in [0.717, 1.165) is 4.88 Å². The van der Waals surface area contributed by atoms with Crippen LogP contribution in [0.2, 0.25) is 0 Å². The van der Waals surface area contributed by atoms with Gasteiger partial charge in [0, 0.05) is 37.6 Å². The van der Waals surface area contributed by atoms with Crippen molar-refractivity contribution in [2.24, 2.45) is 0 Å². The van der Waals surface area contributed by atoms with Gasteiger partial charge in [-0.25, -0.2) is 4.79 Å². The molecule has 3 atom stereocenters. The van der Waals surface area contributed by atoms with Crippen molar-refractivity contribution in [2.45, 2.75) is 51.9 Å². The van der Waals surface area contributed by atoms with Gasteiger partial charge in [0.15, 0.2) is 6.10 Å². The van der Waals surface area contributed by atoms with Crippen LogP contribution in [0.1, 0.15) is 48.6 Å². The van der Waals surface area contributed by atoms with Gasteiger partial charge in [-0.2, -0.15) is 0 Å². The number of rotatable bonds is 4. The highest BCUT2D eigenvalue weighted by Gasteiger charge is 2.56. The maximum Gasteiger partial charge on any atom is 0.355 e. The predicted octanol–water partition coefficient (Wildman–Crippen LogP) is 1.93. The zero-order valence-corrected chi connectivity index (χ0v) is 15.9. The minimum atomic E-state index is -1.78. The van der Waals surface area contributed by atoms with Crippen LogP contribution in [0.3, 0.4) is 0 Å². The minimum Gasteiger partial charge on any atom is -0.466 e. The van der Waals surface area contributed by atoms with Crippen LogP contribution < -0.4 is 0 Å². The quantitative estimate of drug-likeness (QED) is 0.573. The van der Waals surface area contributed by atoms with Crippen molar-refractivity contribution < 1.29 is 38.1 Å². The molecule has 0 saturated heterocycles. The van der Waals surface area contributed by atoms with Crippen molar-refractivity contribution in [1.29, 1.82) is 0 Å². The Kier molecular flexibility index (Phi) is 5.70. The first-order valence-electron chi connectivity index (χ1n) is 7.84. The Balaban J connectivity index is 2.68. The molecule has 1 aliphatic rings. The number of hydrogen-bond acceptors (Lipinski definition) is 9. The van der Waals surface area contributed by atoms with Gasteiger partial charge >= 0.3 is 23.9 Å². The van der Waals surface area contributed by atoms with Gasteiger partial charge in [0.25, 0.3) is 0 Å². The molecule has 0 bridgehead atoms. The van der Waals surface area contributed by atoms with Crippen LogP contribution in [-0.4, -0.2) is 37.1 Å². The van der Waals surface area contributed by atoms with Gasteiger partial charge in [-0.3, -0.25) is 14.4 Å². The van der Waals surface area contributed by atoms with Crippen molar-refractivity contribution >= 4 is 35.2 Å². The molecule has 1 aliphatic carbocycles. The Morgan fingerprint density at radius 1 is 1.08 bits per heavy atom. The monoisotopic (exact) mass is 384 g/mol. The average molecular weight is 384 g/mol. The number of carbonyl (C=O) groups excluding carboxylic acids is 4. The van der Waals surface area contributed by atoms with Gasteiger partial charge < -0.3 is 18.9 Å². The third kappa shape index (κ3) is 3.72. The molecule has 1 aromatic heterocycles. The van der Waals surface area contributed by atoms with Crippen LogP contribution in [0.15, 0.2) is 6.07 Å². The Morgan fingerprint density at radius 3 is 2.19 bits per heavy atom. The molecule has 0 aromatic carbocycles. The van der Waals surface area contributed by atoms with Gasteiger partial charge in [-0.1, -0.05) is 0 Å². The van der Waals surface area contributed by atoms with E-state index in [4.69, 9.17) is 18.9 Å². The minimum absolute atomic E-state index is 0.222. The number of methoxy groups -OCH3 is 1. The summed E-state index contributed by atoms with van der Waals surface area (Å²) in [7, 11) is 1.17. The largest absolute Gasteiger partial charge is 0.466 e. The van der Waals surface area contributed by atoms with Crippen LogP contribution in [-0.2, 0) is 43.7 Å². The van der Waals surface area contributed by atoms with Crippen molar-refractivity contribution in [3.8, 4) is 0 Å². The van der Waals surface area contributed by atoms with E-state index in [9.17, 15) is 19.2 Å². The Labute approximate surface area is 154 Å². The number of esters is 4. The standard InChI is InChI=1S/C17H20O8S/c1-8-6-12-15(26-8)14(24-10(3)19)13(23-9(2)18)7-17(12,16(21)22-5)25-11(4)20/h6,13-14H,7H2,1-5H3/t13-,14+,17-/m1/s1. The smallest absolute Gasteiger partial charge is 0.355 e. The van der Waals surface area contributed by atoms with Crippen LogP contribution >= 0.6 is 11.3 Å². The predicted molar refractivity (Wildman–Crippen MR) is 89.2 cm³/mol. The van der Waals surface area contributed by atoms with Crippen molar-refractivity contribution in [2.75, 3.05) is 7.11 Å². The van der Waals surface area contributed by atoms with Crippen molar-refractivity contribution in [3.05, 3.63) is 21.4 Å². The number of carbonyl (C=O) groups is 4. The van der Waals surface area contributed by atoms with Gasteiger partial charge in [0.1, 0.15) is 6.10 Å². The fourth-order valence-electron chi connectivity index (χ4n) is 3.10. The molecule has 0 N–H and O–H groups in total. The second kappa shape index (κ2) is 7.45. The summed E-state index contributed by atoms with van der Waals surface area (Å²) in [6, 6.07) is 1.68. The first kappa shape index (κ1) is 19.9. The molecule has 0 fully saturated rings. The third-order valence-electron chi connectivity index (χ3n) is 3.85. The number of fused-ring (bicyclic) bond motifs is 1. The van der Waals surface area contributed by atoms with E-state index in [0.29, 0.717) is 10.4 Å². The molecule has 2 rings (SSSR count). The number of thiophene rings is 1. The molecule has 0 unspecified atom stereocenters. The molecule has 0 spiro atoms. The summed E-state index contributed by atoms with van der Waals surface area (Å²) in [5, 5.41) is 0. The van der Waals surface area contributed by atoms with Gasteiger partial charge in [0.2, 0.25) is 5.60 Å². The van der Waals surface area contributed by atoms with Crippen LogP contribution in [0.5, 0.6) is 0 Å². The van der Waals surface area contributed by atoms with E-state index in [1.54, 1.807) is 13.0 Å².